The third kappa shape index (κ3) is 3.08. The Morgan fingerprint density at radius 1 is 1.19 bits per heavy atom. The van der Waals surface area contributed by atoms with Crippen LogP contribution in [-0.4, -0.2) is 42.4 Å². The van der Waals surface area contributed by atoms with Crippen LogP contribution >= 0.6 is 12.2 Å². The van der Waals surface area contributed by atoms with Crippen LogP contribution in [0.3, 0.4) is 0 Å². The third-order valence-electron chi connectivity index (χ3n) is 3.75. The molecular weight excluding hydrogens is 220 g/mol. The highest BCUT2D eigenvalue weighted by Gasteiger charge is 2.22. The predicted molar refractivity (Wildman–Crippen MR) is 69.6 cm³/mol. The summed E-state index contributed by atoms with van der Waals surface area (Å²) >= 11 is 5.46. The minimum absolute atomic E-state index is 0.436. The van der Waals surface area contributed by atoms with Gasteiger partial charge in [-0.05, 0) is 37.9 Å². The lowest BCUT2D eigenvalue weighted by molar-refractivity contribution is 0.0575. The van der Waals surface area contributed by atoms with Crippen molar-refractivity contribution in [2.45, 2.75) is 50.7 Å². The molecule has 0 aromatic rings. The maximum absolute atomic E-state index is 5.46. The second kappa shape index (κ2) is 5.82. The van der Waals surface area contributed by atoms with E-state index in [1.807, 2.05) is 0 Å². The summed E-state index contributed by atoms with van der Waals surface area (Å²) < 4.78 is 5.36. The standard InChI is InChI=1S/C12H22N2OS/c1-15-11-6-8-14(9-7-11)12(16)13-10-4-2-3-5-10/h10-11H,2-9H2,1H3,(H,13,16). The molecule has 2 fully saturated rings. The summed E-state index contributed by atoms with van der Waals surface area (Å²) in [5, 5.41) is 4.46. The van der Waals surface area contributed by atoms with Gasteiger partial charge < -0.3 is 15.0 Å². The highest BCUT2D eigenvalue weighted by Crippen LogP contribution is 2.19. The lowest BCUT2D eigenvalue weighted by atomic mass is 10.1. The van der Waals surface area contributed by atoms with E-state index < -0.39 is 0 Å². The van der Waals surface area contributed by atoms with E-state index in [2.05, 4.69) is 10.2 Å². The van der Waals surface area contributed by atoms with Gasteiger partial charge in [-0.3, -0.25) is 0 Å². The molecule has 0 atom stereocenters. The van der Waals surface area contributed by atoms with Crippen molar-refractivity contribution in [3.05, 3.63) is 0 Å². The lowest BCUT2D eigenvalue weighted by Gasteiger charge is -2.34. The van der Waals surface area contributed by atoms with Crippen molar-refractivity contribution in [2.75, 3.05) is 20.2 Å². The highest BCUT2D eigenvalue weighted by atomic mass is 32.1. The fraction of sp³-hybridized carbons (Fsp3) is 0.917. The van der Waals surface area contributed by atoms with Gasteiger partial charge in [0.25, 0.3) is 0 Å². The Kier molecular flexibility index (Phi) is 4.41. The van der Waals surface area contributed by atoms with Crippen molar-refractivity contribution in [3.8, 4) is 0 Å². The van der Waals surface area contributed by atoms with Crippen molar-refractivity contribution in [3.63, 3.8) is 0 Å². The van der Waals surface area contributed by atoms with E-state index in [-0.39, 0.29) is 0 Å². The number of rotatable bonds is 2. The van der Waals surface area contributed by atoms with Gasteiger partial charge in [-0.15, -0.1) is 0 Å². The smallest absolute Gasteiger partial charge is 0.169 e. The van der Waals surface area contributed by atoms with Gasteiger partial charge in [0.15, 0.2) is 5.11 Å². The maximum atomic E-state index is 5.46. The summed E-state index contributed by atoms with van der Waals surface area (Å²) in [6, 6.07) is 0.632. The molecule has 3 nitrogen and oxygen atoms in total. The van der Waals surface area contributed by atoms with E-state index in [0.717, 1.165) is 31.0 Å². The first-order valence-corrected chi connectivity index (χ1v) is 6.78. The zero-order valence-corrected chi connectivity index (χ0v) is 10.9. The number of nitrogens with zero attached hydrogens (tertiary/aromatic N) is 1. The Balaban J connectivity index is 1.73. The number of hydrogen-bond donors (Lipinski definition) is 1. The second-order valence-electron chi connectivity index (χ2n) is 4.85. The zero-order valence-electron chi connectivity index (χ0n) is 10.1. The average molecular weight is 242 g/mol. The van der Waals surface area contributed by atoms with Crippen LogP contribution < -0.4 is 5.32 Å². The first kappa shape index (κ1) is 12.1. The summed E-state index contributed by atoms with van der Waals surface area (Å²) in [7, 11) is 1.80. The quantitative estimate of drug-likeness (QED) is 0.748. The summed E-state index contributed by atoms with van der Waals surface area (Å²) in [5.41, 5.74) is 0. The number of nitrogens with one attached hydrogen (secondary N) is 1. The topological polar surface area (TPSA) is 24.5 Å². The molecule has 1 saturated carbocycles. The molecule has 0 unspecified atom stereocenters. The number of thiocarbonyl (C=S) groups is 1. The van der Waals surface area contributed by atoms with Gasteiger partial charge in [-0.25, -0.2) is 0 Å². The van der Waals surface area contributed by atoms with Gasteiger partial charge in [0.05, 0.1) is 6.10 Å². The van der Waals surface area contributed by atoms with Crippen LogP contribution in [0, 0.1) is 0 Å². The van der Waals surface area contributed by atoms with Crippen LogP contribution in [0.5, 0.6) is 0 Å². The SMILES string of the molecule is COC1CCN(C(=S)NC2CCCC2)CC1. The molecule has 0 radical (unpaired) electrons. The van der Waals surface area contributed by atoms with Gasteiger partial charge in [0.2, 0.25) is 0 Å². The van der Waals surface area contributed by atoms with E-state index in [1.165, 1.54) is 25.7 Å². The molecule has 0 bridgehead atoms. The van der Waals surface area contributed by atoms with Gasteiger partial charge in [-0.2, -0.15) is 0 Å². The zero-order chi connectivity index (χ0) is 11.4. The largest absolute Gasteiger partial charge is 0.381 e. The fourth-order valence-electron chi connectivity index (χ4n) is 2.63. The van der Waals surface area contributed by atoms with Crippen LogP contribution in [0.15, 0.2) is 0 Å². The van der Waals surface area contributed by atoms with Crippen LogP contribution in [0.25, 0.3) is 0 Å². The van der Waals surface area contributed by atoms with Crippen molar-refractivity contribution in [2.24, 2.45) is 0 Å². The molecule has 92 valence electrons. The van der Waals surface area contributed by atoms with Gasteiger partial charge in [-0.1, -0.05) is 12.8 Å². The molecular formula is C12H22N2OS. The van der Waals surface area contributed by atoms with Crippen molar-refractivity contribution in [1.82, 2.24) is 10.2 Å². The maximum Gasteiger partial charge on any atom is 0.169 e. The molecule has 16 heavy (non-hydrogen) atoms. The van der Waals surface area contributed by atoms with E-state index in [0.29, 0.717) is 12.1 Å². The molecule has 0 aromatic carbocycles. The Labute approximate surface area is 104 Å². The van der Waals surface area contributed by atoms with Crippen molar-refractivity contribution < 1.29 is 4.74 Å². The molecule has 1 heterocycles. The summed E-state index contributed by atoms with van der Waals surface area (Å²) in [6.07, 6.45) is 7.92. The first-order valence-electron chi connectivity index (χ1n) is 6.38. The molecule has 1 saturated heterocycles. The minimum atomic E-state index is 0.436. The monoisotopic (exact) mass is 242 g/mol. The number of likely N-dealkylation sites (tertiary alicyclic amines) is 1. The number of methoxy groups -OCH3 is 1. The normalized spacial score (nSPS) is 23.7. The molecule has 1 N–H and O–H groups in total. The molecule has 0 aromatic heterocycles. The predicted octanol–water partition coefficient (Wildman–Crippen LogP) is 1.91. The van der Waals surface area contributed by atoms with Gasteiger partial charge >= 0.3 is 0 Å². The highest BCUT2D eigenvalue weighted by molar-refractivity contribution is 7.80. The van der Waals surface area contributed by atoms with Gasteiger partial charge in [0, 0.05) is 26.2 Å². The average Bonchev–Trinajstić information content (AvgIpc) is 2.82. The van der Waals surface area contributed by atoms with Gasteiger partial charge in [0.1, 0.15) is 0 Å². The fourth-order valence-corrected chi connectivity index (χ4v) is 2.98. The molecule has 0 spiro atoms. The number of piperidine rings is 1. The van der Waals surface area contributed by atoms with Crippen LogP contribution in [0.4, 0.5) is 0 Å². The van der Waals surface area contributed by atoms with E-state index in [9.17, 15) is 0 Å². The van der Waals surface area contributed by atoms with Crippen molar-refractivity contribution >= 4 is 17.3 Å². The molecule has 1 aliphatic carbocycles. The van der Waals surface area contributed by atoms with E-state index >= 15 is 0 Å². The second-order valence-corrected chi connectivity index (χ2v) is 5.24. The van der Waals surface area contributed by atoms with Crippen LogP contribution in [-0.2, 0) is 4.74 Å². The molecule has 1 aliphatic heterocycles. The van der Waals surface area contributed by atoms with Crippen LogP contribution in [0.1, 0.15) is 38.5 Å². The van der Waals surface area contributed by atoms with Crippen LogP contribution in [0.2, 0.25) is 0 Å². The number of ether oxygens (including phenoxy) is 1. The third-order valence-corrected chi connectivity index (χ3v) is 4.12. The lowest BCUT2D eigenvalue weighted by Crippen LogP contribution is -2.48. The Morgan fingerprint density at radius 3 is 2.38 bits per heavy atom. The van der Waals surface area contributed by atoms with Crippen molar-refractivity contribution in [1.29, 1.82) is 0 Å². The van der Waals surface area contributed by atoms with E-state index in [1.54, 1.807) is 7.11 Å². The Hall–Kier alpha value is -0.350. The minimum Gasteiger partial charge on any atom is -0.381 e. The summed E-state index contributed by atoms with van der Waals surface area (Å²) in [6.45, 7) is 2.08. The first-order chi connectivity index (χ1) is 7.79. The molecule has 2 aliphatic rings. The molecule has 4 heteroatoms. The summed E-state index contributed by atoms with van der Waals surface area (Å²) in [5.74, 6) is 0. The number of hydrogen-bond acceptors (Lipinski definition) is 2. The Bertz CT molecular complexity index is 233. The molecule has 0 amide bonds. The van der Waals surface area contributed by atoms with E-state index in [4.69, 9.17) is 17.0 Å². The Morgan fingerprint density at radius 2 is 1.81 bits per heavy atom. The molecule has 2 rings (SSSR count). The summed E-state index contributed by atoms with van der Waals surface area (Å²) in [4.78, 5) is 2.29.